The number of rotatable bonds is 4. The number of fused-ring (bicyclic) bond motifs is 2. The number of aromatic amines is 1. The first-order valence-electron chi connectivity index (χ1n) is 8.13. The van der Waals surface area contributed by atoms with E-state index in [1.165, 1.54) is 4.88 Å². The Hall–Kier alpha value is -2.25. The second-order valence-electron chi connectivity index (χ2n) is 6.02. The van der Waals surface area contributed by atoms with Gasteiger partial charge in [0.15, 0.2) is 0 Å². The summed E-state index contributed by atoms with van der Waals surface area (Å²) in [5.74, 6) is 0.380. The molecule has 0 unspecified atom stereocenters. The molecule has 0 saturated carbocycles. The second-order valence-corrected chi connectivity index (χ2v) is 7.31. The van der Waals surface area contributed by atoms with Crippen molar-refractivity contribution >= 4 is 34.2 Å². The van der Waals surface area contributed by atoms with E-state index in [4.69, 9.17) is 0 Å². The average Bonchev–Trinajstić information content (AvgIpc) is 3.14. The number of nitrogens with one attached hydrogen (secondary N) is 3. The molecule has 1 aliphatic carbocycles. The highest BCUT2D eigenvalue weighted by molar-refractivity contribution is 7.11. The smallest absolute Gasteiger partial charge is 0.240 e. The van der Waals surface area contributed by atoms with Crippen LogP contribution in [0.15, 0.2) is 24.3 Å². The number of benzene rings is 1. The highest BCUT2D eigenvalue weighted by Crippen LogP contribution is 2.32. The fraction of sp³-hybridized carbons (Fsp3) is 0.353. The summed E-state index contributed by atoms with van der Waals surface area (Å²) in [4.78, 5) is 25.6. The van der Waals surface area contributed by atoms with Crippen molar-refractivity contribution in [1.29, 1.82) is 0 Å². The Morgan fingerprint density at radius 1 is 1.38 bits per heavy atom. The summed E-state index contributed by atoms with van der Waals surface area (Å²) in [5, 5.41) is 7.25. The van der Waals surface area contributed by atoms with Crippen molar-refractivity contribution in [3.05, 3.63) is 39.8 Å². The summed E-state index contributed by atoms with van der Waals surface area (Å²) < 4.78 is 0. The lowest BCUT2D eigenvalue weighted by molar-refractivity contribution is -0.115. The number of imidazole rings is 1. The molecule has 0 saturated heterocycles. The lowest BCUT2D eigenvalue weighted by atomic mass is 9.97. The number of H-pyrrole nitrogens is 1. The molecule has 2 aromatic heterocycles. The monoisotopic (exact) mass is 341 g/mol. The Morgan fingerprint density at radius 2 is 2.25 bits per heavy atom. The maximum atomic E-state index is 12.2. The van der Waals surface area contributed by atoms with E-state index in [0.29, 0.717) is 5.95 Å². The third kappa shape index (κ3) is 3.05. The van der Waals surface area contributed by atoms with Crippen LogP contribution in [0, 0.1) is 6.92 Å². The van der Waals surface area contributed by atoms with E-state index in [0.717, 1.165) is 41.0 Å². The molecule has 1 aromatic carbocycles. The fourth-order valence-corrected chi connectivity index (χ4v) is 4.18. The lowest BCUT2D eigenvalue weighted by Crippen LogP contribution is -2.33. The minimum Gasteiger partial charge on any atom is -0.324 e. The van der Waals surface area contributed by atoms with Crippen LogP contribution in [-0.2, 0) is 11.2 Å². The quantitative estimate of drug-likeness (QED) is 0.681. The topological polar surface area (TPSA) is 82.7 Å². The molecular formula is C17H19N5OS. The van der Waals surface area contributed by atoms with E-state index < -0.39 is 0 Å². The number of amides is 1. The van der Waals surface area contributed by atoms with Crippen LogP contribution in [0.1, 0.15) is 34.5 Å². The molecule has 1 atom stereocenters. The van der Waals surface area contributed by atoms with Crippen LogP contribution in [0.5, 0.6) is 0 Å². The molecule has 3 N–H and O–H groups in total. The summed E-state index contributed by atoms with van der Waals surface area (Å²) in [5.41, 5.74) is 2.88. The molecule has 1 aliphatic rings. The standard InChI is InChI=1S/C17H19N5OS/c1-10-19-16-13(7-4-8-14(16)24-10)18-9-15(23)22-17-20-11-5-2-3-6-12(11)21-17/h2-3,5-6,13,18H,4,7-9H2,1H3,(H2,20,21,22,23)/t13-/m0/s1. The van der Waals surface area contributed by atoms with Gasteiger partial charge in [-0.2, -0.15) is 0 Å². The molecule has 24 heavy (non-hydrogen) atoms. The normalized spacial score (nSPS) is 17.0. The molecule has 3 aromatic rings. The van der Waals surface area contributed by atoms with Gasteiger partial charge in [0, 0.05) is 4.88 Å². The number of hydrogen-bond acceptors (Lipinski definition) is 5. The van der Waals surface area contributed by atoms with Gasteiger partial charge in [0.05, 0.1) is 34.3 Å². The van der Waals surface area contributed by atoms with Gasteiger partial charge in [-0.25, -0.2) is 9.97 Å². The summed E-state index contributed by atoms with van der Waals surface area (Å²) in [7, 11) is 0. The van der Waals surface area contributed by atoms with Gasteiger partial charge in [-0.05, 0) is 38.3 Å². The van der Waals surface area contributed by atoms with Gasteiger partial charge in [-0.1, -0.05) is 12.1 Å². The van der Waals surface area contributed by atoms with E-state index in [-0.39, 0.29) is 18.5 Å². The molecule has 6 nitrogen and oxygen atoms in total. The Morgan fingerprint density at radius 3 is 3.12 bits per heavy atom. The van der Waals surface area contributed by atoms with Crippen molar-refractivity contribution in [3.8, 4) is 0 Å². The molecule has 1 amide bonds. The minimum absolute atomic E-state index is 0.104. The number of carbonyl (C=O) groups excluding carboxylic acids is 1. The molecular weight excluding hydrogens is 322 g/mol. The van der Waals surface area contributed by atoms with E-state index in [2.05, 4.69) is 25.6 Å². The zero-order valence-corrected chi connectivity index (χ0v) is 14.2. The summed E-state index contributed by atoms with van der Waals surface area (Å²) in [6.07, 6.45) is 3.26. The Bertz CT molecular complexity index is 851. The minimum atomic E-state index is -0.104. The SMILES string of the molecule is Cc1nc2c(s1)CCC[C@@H]2NCC(=O)Nc1nc2ccccc2[nH]1. The molecule has 0 aliphatic heterocycles. The van der Waals surface area contributed by atoms with Gasteiger partial charge in [0.1, 0.15) is 0 Å². The van der Waals surface area contributed by atoms with Gasteiger partial charge in [0.2, 0.25) is 11.9 Å². The Balaban J connectivity index is 1.38. The van der Waals surface area contributed by atoms with Crippen molar-refractivity contribution in [2.24, 2.45) is 0 Å². The van der Waals surface area contributed by atoms with Crippen LogP contribution in [0.25, 0.3) is 11.0 Å². The zero-order chi connectivity index (χ0) is 16.5. The highest BCUT2D eigenvalue weighted by Gasteiger charge is 2.24. The Labute approximate surface area is 143 Å². The molecule has 2 heterocycles. The van der Waals surface area contributed by atoms with Crippen LogP contribution in [0.2, 0.25) is 0 Å². The van der Waals surface area contributed by atoms with E-state index in [9.17, 15) is 4.79 Å². The predicted octanol–water partition coefficient (Wildman–Crippen LogP) is 2.93. The number of hydrogen-bond donors (Lipinski definition) is 3. The average molecular weight is 341 g/mol. The predicted molar refractivity (Wildman–Crippen MR) is 95.3 cm³/mol. The number of anilines is 1. The number of aryl methyl sites for hydroxylation is 2. The van der Waals surface area contributed by atoms with Gasteiger partial charge in [0.25, 0.3) is 0 Å². The fourth-order valence-electron chi connectivity index (χ4n) is 3.14. The van der Waals surface area contributed by atoms with Crippen LogP contribution < -0.4 is 10.6 Å². The maximum Gasteiger partial charge on any atom is 0.240 e. The zero-order valence-electron chi connectivity index (χ0n) is 13.4. The van der Waals surface area contributed by atoms with Crippen molar-refractivity contribution in [3.63, 3.8) is 0 Å². The van der Waals surface area contributed by atoms with Gasteiger partial charge in [-0.3, -0.25) is 10.1 Å². The molecule has 124 valence electrons. The summed E-state index contributed by atoms with van der Waals surface area (Å²) in [6.45, 7) is 2.28. The van der Waals surface area contributed by atoms with Crippen LogP contribution in [0.4, 0.5) is 5.95 Å². The van der Waals surface area contributed by atoms with Gasteiger partial charge in [-0.15, -0.1) is 11.3 Å². The van der Waals surface area contributed by atoms with E-state index >= 15 is 0 Å². The third-order valence-electron chi connectivity index (χ3n) is 4.22. The number of thiazole rings is 1. The number of carbonyl (C=O) groups is 1. The van der Waals surface area contributed by atoms with Crippen molar-refractivity contribution in [1.82, 2.24) is 20.3 Å². The summed E-state index contributed by atoms with van der Waals surface area (Å²) in [6, 6.07) is 7.87. The van der Waals surface area contributed by atoms with Crippen molar-refractivity contribution in [2.75, 3.05) is 11.9 Å². The Kier molecular flexibility index (Phi) is 4.03. The first kappa shape index (κ1) is 15.3. The van der Waals surface area contributed by atoms with Crippen LogP contribution in [-0.4, -0.2) is 27.4 Å². The van der Waals surface area contributed by atoms with Crippen molar-refractivity contribution < 1.29 is 4.79 Å². The molecule has 7 heteroatoms. The molecule has 0 spiro atoms. The van der Waals surface area contributed by atoms with Crippen molar-refractivity contribution in [2.45, 2.75) is 32.2 Å². The molecule has 0 radical (unpaired) electrons. The number of nitrogens with zero attached hydrogens (tertiary/aromatic N) is 2. The molecule has 0 bridgehead atoms. The first-order valence-corrected chi connectivity index (χ1v) is 8.95. The maximum absolute atomic E-state index is 12.2. The molecule has 4 rings (SSSR count). The van der Waals surface area contributed by atoms with E-state index in [1.807, 2.05) is 31.2 Å². The second kappa shape index (κ2) is 6.33. The van der Waals surface area contributed by atoms with Gasteiger partial charge < -0.3 is 10.3 Å². The molecule has 0 fully saturated rings. The van der Waals surface area contributed by atoms with Crippen LogP contribution in [0.3, 0.4) is 0 Å². The van der Waals surface area contributed by atoms with Gasteiger partial charge >= 0.3 is 0 Å². The first-order chi connectivity index (χ1) is 11.7. The highest BCUT2D eigenvalue weighted by atomic mass is 32.1. The largest absolute Gasteiger partial charge is 0.324 e. The number of para-hydroxylation sites is 2. The lowest BCUT2D eigenvalue weighted by Gasteiger charge is -2.22. The van der Waals surface area contributed by atoms with Crippen LogP contribution >= 0.6 is 11.3 Å². The van der Waals surface area contributed by atoms with E-state index in [1.54, 1.807) is 11.3 Å². The summed E-state index contributed by atoms with van der Waals surface area (Å²) >= 11 is 1.77. The number of aromatic nitrogens is 3. The third-order valence-corrected chi connectivity index (χ3v) is 5.26.